The van der Waals surface area contributed by atoms with Crippen LogP contribution < -0.4 is 10.6 Å². The molecule has 1 aromatic carbocycles. The van der Waals surface area contributed by atoms with Gasteiger partial charge in [-0.1, -0.05) is 24.3 Å². The van der Waals surface area contributed by atoms with Crippen molar-refractivity contribution in [3.63, 3.8) is 0 Å². The number of nitrogens with zero attached hydrogens (tertiary/aromatic N) is 3. The van der Waals surface area contributed by atoms with E-state index < -0.39 is 0 Å². The highest BCUT2D eigenvalue weighted by atomic mass is 16.5. The predicted octanol–water partition coefficient (Wildman–Crippen LogP) is 1.93. The van der Waals surface area contributed by atoms with Crippen molar-refractivity contribution in [1.82, 2.24) is 20.4 Å². The van der Waals surface area contributed by atoms with E-state index in [2.05, 4.69) is 20.8 Å². The van der Waals surface area contributed by atoms with E-state index in [-0.39, 0.29) is 23.7 Å². The van der Waals surface area contributed by atoms with E-state index in [1.54, 1.807) is 17.0 Å². The number of aromatic nitrogens is 2. The lowest BCUT2D eigenvalue weighted by Gasteiger charge is -2.15. The van der Waals surface area contributed by atoms with Crippen LogP contribution in [0, 0.1) is 0 Å². The predicted molar refractivity (Wildman–Crippen MR) is 98.0 cm³/mol. The monoisotopic (exact) mass is 367 g/mol. The zero-order valence-electron chi connectivity index (χ0n) is 14.9. The Morgan fingerprint density at radius 3 is 2.52 bits per heavy atom. The van der Waals surface area contributed by atoms with Crippen molar-refractivity contribution in [3.8, 4) is 0 Å². The highest BCUT2D eigenvalue weighted by Gasteiger charge is 2.23. The first-order valence-corrected chi connectivity index (χ1v) is 9.05. The van der Waals surface area contributed by atoms with Gasteiger partial charge in [0.2, 0.25) is 0 Å². The molecule has 2 N–H and O–H groups in total. The second-order valence-corrected chi connectivity index (χ2v) is 6.70. The van der Waals surface area contributed by atoms with Gasteiger partial charge in [0.25, 0.3) is 5.91 Å². The highest BCUT2D eigenvalue weighted by Crippen LogP contribution is 2.22. The molecule has 2 aliphatic rings. The van der Waals surface area contributed by atoms with Crippen molar-refractivity contribution in [1.29, 1.82) is 0 Å². The Hall–Kier alpha value is -3.00. The lowest BCUT2D eigenvalue weighted by molar-refractivity contribution is 0.0853. The largest absolute Gasteiger partial charge is 0.376 e. The maximum absolute atomic E-state index is 12.4. The number of carbonyl (C=O) groups is 2. The number of urea groups is 1. The summed E-state index contributed by atoms with van der Waals surface area (Å²) in [5.41, 5.74) is 2.51. The number of fused-ring (bicyclic) bond motifs is 1. The van der Waals surface area contributed by atoms with E-state index in [1.807, 2.05) is 24.3 Å². The van der Waals surface area contributed by atoms with Crippen LogP contribution in [-0.4, -0.2) is 46.3 Å². The summed E-state index contributed by atoms with van der Waals surface area (Å²) < 4.78 is 5.47. The molecule has 3 amide bonds. The second-order valence-electron chi connectivity index (χ2n) is 6.70. The first-order valence-electron chi connectivity index (χ1n) is 9.05. The molecule has 8 heteroatoms. The quantitative estimate of drug-likeness (QED) is 0.861. The number of rotatable bonds is 4. The summed E-state index contributed by atoms with van der Waals surface area (Å²) in [6, 6.07) is 10.9. The summed E-state index contributed by atoms with van der Waals surface area (Å²) in [6.45, 7) is 2.35. The summed E-state index contributed by atoms with van der Waals surface area (Å²) in [7, 11) is 0. The molecule has 0 saturated carbocycles. The average molecular weight is 367 g/mol. The molecule has 1 saturated heterocycles. The molecule has 8 nitrogen and oxygen atoms in total. The number of hydrogen-bond acceptors (Lipinski definition) is 5. The van der Waals surface area contributed by atoms with Gasteiger partial charge >= 0.3 is 6.03 Å². The topological polar surface area (TPSA) is 96.5 Å². The summed E-state index contributed by atoms with van der Waals surface area (Å²) in [4.78, 5) is 26.2. The van der Waals surface area contributed by atoms with Crippen LogP contribution >= 0.6 is 0 Å². The van der Waals surface area contributed by atoms with Gasteiger partial charge in [-0.05, 0) is 36.1 Å². The number of nitrogens with one attached hydrogen (secondary N) is 2. The van der Waals surface area contributed by atoms with E-state index in [9.17, 15) is 9.59 Å². The Morgan fingerprint density at radius 1 is 1.11 bits per heavy atom. The van der Waals surface area contributed by atoms with Crippen molar-refractivity contribution in [2.45, 2.75) is 32.0 Å². The zero-order chi connectivity index (χ0) is 18.6. The minimum Gasteiger partial charge on any atom is -0.376 e. The molecule has 0 bridgehead atoms. The van der Waals surface area contributed by atoms with Gasteiger partial charge in [-0.3, -0.25) is 10.1 Å². The van der Waals surface area contributed by atoms with Crippen molar-refractivity contribution in [2.75, 3.05) is 18.5 Å². The van der Waals surface area contributed by atoms with E-state index >= 15 is 0 Å². The fraction of sp³-hybridized carbons (Fsp3) is 0.368. The van der Waals surface area contributed by atoms with Crippen LogP contribution in [0.4, 0.5) is 10.6 Å². The van der Waals surface area contributed by atoms with Gasteiger partial charge in [0.1, 0.15) is 0 Å². The first-order chi connectivity index (χ1) is 13.2. The van der Waals surface area contributed by atoms with Gasteiger partial charge < -0.3 is 15.0 Å². The molecule has 0 unspecified atom stereocenters. The van der Waals surface area contributed by atoms with Crippen LogP contribution in [0.2, 0.25) is 0 Å². The molecule has 1 atom stereocenters. The third kappa shape index (κ3) is 4.06. The Bertz CT molecular complexity index is 808. The Kier molecular flexibility index (Phi) is 4.97. The number of hydrogen-bond donors (Lipinski definition) is 2. The minimum absolute atomic E-state index is 0.0741. The maximum atomic E-state index is 12.4. The molecular formula is C19H21N5O3. The molecule has 2 aliphatic heterocycles. The summed E-state index contributed by atoms with van der Waals surface area (Å²) in [5, 5.41) is 13.4. The number of benzene rings is 1. The molecule has 1 aromatic heterocycles. The third-order valence-corrected chi connectivity index (χ3v) is 4.77. The molecule has 27 heavy (non-hydrogen) atoms. The van der Waals surface area contributed by atoms with Crippen LogP contribution in [0.1, 0.15) is 34.5 Å². The van der Waals surface area contributed by atoms with E-state index in [0.717, 1.165) is 30.6 Å². The molecule has 3 heterocycles. The number of carbonyl (C=O) groups excluding carboxylic acids is 2. The summed E-state index contributed by atoms with van der Waals surface area (Å²) in [6.07, 6.45) is 2.05. The van der Waals surface area contributed by atoms with Crippen molar-refractivity contribution in [2.24, 2.45) is 0 Å². The molecule has 0 aliphatic carbocycles. The van der Waals surface area contributed by atoms with Crippen LogP contribution in [0.25, 0.3) is 0 Å². The zero-order valence-corrected chi connectivity index (χ0v) is 14.9. The number of anilines is 1. The maximum Gasteiger partial charge on any atom is 0.323 e. The molecule has 4 rings (SSSR count). The van der Waals surface area contributed by atoms with E-state index in [1.165, 1.54) is 0 Å². The van der Waals surface area contributed by atoms with Gasteiger partial charge in [0, 0.05) is 26.2 Å². The van der Waals surface area contributed by atoms with Gasteiger partial charge in [-0.25, -0.2) is 4.79 Å². The van der Waals surface area contributed by atoms with Gasteiger partial charge in [0.15, 0.2) is 11.5 Å². The number of ether oxygens (including phenoxy) is 1. The molecule has 1 fully saturated rings. The van der Waals surface area contributed by atoms with Gasteiger partial charge in [-0.2, -0.15) is 0 Å². The van der Waals surface area contributed by atoms with Crippen LogP contribution in [-0.2, 0) is 17.8 Å². The smallest absolute Gasteiger partial charge is 0.323 e. The van der Waals surface area contributed by atoms with Crippen LogP contribution in [0.5, 0.6) is 0 Å². The lowest BCUT2D eigenvalue weighted by atomic mass is 10.1. The third-order valence-electron chi connectivity index (χ3n) is 4.77. The van der Waals surface area contributed by atoms with E-state index in [0.29, 0.717) is 25.5 Å². The Labute approximate surface area is 156 Å². The SMILES string of the molecule is O=C(NC[C@@H]1CCCO1)c1ccc(NC(=O)N2Cc3ccccc3C2)nn1. The molecule has 2 aromatic rings. The minimum atomic E-state index is -0.300. The first kappa shape index (κ1) is 17.4. The van der Waals surface area contributed by atoms with Crippen molar-refractivity contribution in [3.05, 3.63) is 53.2 Å². The molecular weight excluding hydrogens is 346 g/mol. The Balaban J connectivity index is 1.30. The fourth-order valence-electron chi connectivity index (χ4n) is 3.29. The van der Waals surface area contributed by atoms with Crippen LogP contribution in [0.15, 0.2) is 36.4 Å². The standard InChI is InChI=1S/C19H21N5O3/c25-18(20-10-15-6-3-9-27-15)16-7-8-17(23-22-16)21-19(26)24-11-13-4-1-2-5-14(13)12-24/h1-2,4-5,7-8,15H,3,6,9-12H2,(H,20,25)(H,21,23,26)/t15-/m0/s1. The molecule has 0 radical (unpaired) electrons. The number of amides is 3. The molecule has 0 spiro atoms. The molecule has 140 valence electrons. The average Bonchev–Trinajstić information content (AvgIpc) is 3.36. The second kappa shape index (κ2) is 7.71. The summed E-state index contributed by atoms with van der Waals surface area (Å²) >= 11 is 0. The highest BCUT2D eigenvalue weighted by molar-refractivity contribution is 5.93. The fourth-order valence-corrected chi connectivity index (χ4v) is 3.29. The van der Waals surface area contributed by atoms with Gasteiger partial charge in [-0.15, -0.1) is 10.2 Å². The van der Waals surface area contributed by atoms with Gasteiger partial charge in [0.05, 0.1) is 6.10 Å². The summed E-state index contributed by atoms with van der Waals surface area (Å²) in [5.74, 6) is 0.0116. The van der Waals surface area contributed by atoms with E-state index in [4.69, 9.17) is 4.74 Å². The van der Waals surface area contributed by atoms with Crippen LogP contribution in [0.3, 0.4) is 0 Å². The van der Waals surface area contributed by atoms with Crippen molar-refractivity contribution < 1.29 is 14.3 Å². The lowest BCUT2D eigenvalue weighted by Crippen LogP contribution is -2.33. The van der Waals surface area contributed by atoms with Crippen molar-refractivity contribution >= 4 is 17.8 Å². The Morgan fingerprint density at radius 2 is 1.89 bits per heavy atom. The normalized spacial score (nSPS) is 18.2.